The number of hydrogen-bond donors (Lipinski definition) is 2. The van der Waals surface area contributed by atoms with Crippen LogP contribution in [0.25, 0.3) is 0 Å². The molecule has 0 aliphatic carbocycles. The highest BCUT2D eigenvalue weighted by atomic mass is 35.5. The van der Waals surface area contributed by atoms with Gasteiger partial charge in [-0.3, -0.25) is 4.79 Å². The molecule has 0 aromatic heterocycles. The maximum Gasteiger partial charge on any atom is 0.237 e. The maximum absolute atomic E-state index is 11.9. The number of rotatable bonds is 6. The Bertz CT molecular complexity index is 412. The highest BCUT2D eigenvalue weighted by Gasteiger charge is 2.14. The van der Waals surface area contributed by atoms with Crippen molar-refractivity contribution < 1.29 is 9.90 Å². The third-order valence-electron chi connectivity index (χ3n) is 2.45. The van der Waals surface area contributed by atoms with Crippen molar-refractivity contribution in [2.75, 3.05) is 11.1 Å². The van der Waals surface area contributed by atoms with Crippen LogP contribution in [0.1, 0.15) is 26.7 Å². The Labute approximate surface area is 117 Å². The number of nitrogens with one attached hydrogen (secondary N) is 1. The van der Waals surface area contributed by atoms with Crippen LogP contribution in [-0.2, 0) is 4.79 Å². The van der Waals surface area contributed by atoms with Crippen molar-refractivity contribution in [3.05, 3.63) is 23.2 Å². The van der Waals surface area contributed by atoms with Gasteiger partial charge in [0.2, 0.25) is 5.91 Å². The molecular weight excluding hydrogens is 270 g/mol. The number of amides is 1. The first-order valence-corrected chi connectivity index (χ1v) is 7.38. The monoisotopic (exact) mass is 287 g/mol. The number of carbonyl (C=O) groups is 1. The third-order valence-corrected chi connectivity index (χ3v) is 3.92. The van der Waals surface area contributed by atoms with E-state index in [-0.39, 0.29) is 16.9 Å². The largest absolute Gasteiger partial charge is 0.506 e. The van der Waals surface area contributed by atoms with E-state index in [0.29, 0.717) is 10.7 Å². The van der Waals surface area contributed by atoms with Gasteiger partial charge in [0.05, 0.1) is 10.9 Å². The summed E-state index contributed by atoms with van der Waals surface area (Å²) < 4.78 is 0. The van der Waals surface area contributed by atoms with Gasteiger partial charge in [-0.05, 0) is 37.3 Å². The van der Waals surface area contributed by atoms with E-state index in [2.05, 4.69) is 12.2 Å². The topological polar surface area (TPSA) is 49.3 Å². The molecule has 0 saturated heterocycles. The van der Waals surface area contributed by atoms with E-state index < -0.39 is 0 Å². The van der Waals surface area contributed by atoms with E-state index in [9.17, 15) is 9.90 Å². The van der Waals surface area contributed by atoms with E-state index >= 15 is 0 Å². The number of halogens is 1. The molecule has 1 aromatic carbocycles. The standard InChI is InChI=1S/C13H18ClNO2S/c1-3-4-7-18-9(2)13(17)15-11-8-10(14)5-6-12(11)16/h5-6,8-9,16H,3-4,7H2,1-2H3,(H,15,17). The van der Waals surface area contributed by atoms with Gasteiger partial charge < -0.3 is 10.4 Å². The zero-order valence-corrected chi connectivity index (χ0v) is 12.1. The molecule has 0 radical (unpaired) electrons. The predicted octanol–water partition coefficient (Wildman–Crippen LogP) is 3.91. The Balaban J connectivity index is 2.55. The predicted molar refractivity (Wildman–Crippen MR) is 78.6 cm³/mol. The molecule has 3 nitrogen and oxygen atoms in total. The van der Waals surface area contributed by atoms with Crippen molar-refractivity contribution in [2.24, 2.45) is 0 Å². The van der Waals surface area contributed by atoms with E-state index in [0.717, 1.165) is 18.6 Å². The van der Waals surface area contributed by atoms with E-state index in [1.165, 1.54) is 12.1 Å². The number of phenols is 1. The maximum atomic E-state index is 11.9. The van der Waals surface area contributed by atoms with Crippen LogP contribution in [0.15, 0.2) is 18.2 Å². The van der Waals surface area contributed by atoms with Crippen LogP contribution in [0.5, 0.6) is 5.75 Å². The lowest BCUT2D eigenvalue weighted by Gasteiger charge is -2.12. The molecule has 2 N–H and O–H groups in total. The van der Waals surface area contributed by atoms with Crippen molar-refractivity contribution in [3.8, 4) is 5.75 Å². The molecule has 0 aliphatic heterocycles. The van der Waals surface area contributed by atoms with Crippen LogP contribution in [0.4, 0.5) is 5.69 Å². The highest BCUT2D eigenvalue weighted by Crippen LogP contribution is 2.27. The normalized spacial score (nSPS) is 12.2. The SMILES string of the molecule is CCCCSC(C)C(=O)Nc1cc(Cl)ccc1O. The van der Waals surface area contributed by atoms with Gasteiger partial charge in [-0.15, -0.1) is 11.8 Å². The van der Waals surface area contributed by atoms with Crippen LogP contribution in [0, 0.1) is 0 Å². The zero-order valence-electron chi connectivity index (χ0n) is 10.6. The number of aromatic hydroxyl groups is 1. The first kappa shape index (κ1) is 15.2. The van der Waals surface area contributed by atoms with Crippen LogP contribution < -0.4 is 5.32 Å². The van der Waals surface area contributed by atoms with Crippen LogP contribution in [0.3, 0.4) is 0 Å². The number of phenolic OH excluding ortho intramolecular Hbond substituents is 1. The molecule has 0 fully saturated rings. The third kappa shape index (κ3) is 4.78. The number of benzene rings is 1. The molecule has 0 heterocycles. The molecule has 0 bridgehead atoms. The lowest BCUT2D eigenvalue weighted by molar-refractivity contribution is -0.115. The smallest absolute Gasteiger partial charge is 0.237 e. The van der Waals surface area contributed by atoms with Gasteiger partial charge in [0.1, 0.15) is 5.75 Å². The Kier molecular flexibility index (Phi) is 6.36. The molecule has 1 amide bonds. The Morgan fingerprint density at radius 2 is 2.28 bits per heavy atom. The van der Waals surface area contributed by atoms with Gasteiger partial charge in [-0.1, -0.05) is 24.9 Å². The summed E-state index contributed by atoms with van der Waals surface area (Å²) in [5.74, 6) is 0.874. The molecule has 100 valence electrons. The number of anilines is 1. The molecule has 1 rings (SSSR count). The molecular formula is C13H18ClNO2S. The first-order chi connectivity index (χ1) is 8.54. The Hall–Kier alpha value is -0.870. The van der Waals surface area contributed by atoms with E-state index in [1.54, 1.807) is 17.8 Å². The summed E-state index contributed by atoms with van der Waals surface area (Å²) in [4.78, 5) is 11.9. The molecule has 18 heavy (non-hydrogen) atoms. The summed E-state index contributed by atoms with van der Waals surface area (Å²) in [5.41, 5.74) is 0.357. The average Bonchev–Trinajstić information content (AvgIpc) is 2.34. The molecule has 1 unspecified atom stereocenters. The second-order valence-corrected chi connectivity index (χ2v) is 5.90. The van der Waals surface area contributed by atoms with E-state index in [4.69, 9.17) is 11.6 Å². The quantitative estimate of drug-likeness (QED) is 0.616. The van der Waals surface area contributed by atoms with Gasteiger partial charge in [-0.25, -0.2) is 0 Å². The summed E-state index contributed by atoms with van der Waals surface area (Å²) in [7, 11) is 0. The van der Waals surface area contributed by atoms with Crippen molar-refractivity contribution in [3.63, 3.8) is 0 Å². The van der Waals surface area contributed by atoms with Gasteiger partial charge in [0, 0.05) is 5.02 Å². The lowest BCUT2D eigenvalue weighted by Crippen LogP contribution is -2.22. The number of unbranched alkanes of at least 4 members (excludes halogenated alkanes) is 1. The van der Waals surface area contributed by atoms with E-state index in [1.807, 2.05) is 6.92 Å². The van der Waals surface area contributed by atoms with Crippen LogP contribution in [0.2, 0.25) is 5.02 Å². The highest BCUT2D eigenvalue weighted by molar-refractivity contribution is 8.00. The van der Waals surface area contributed by atoms with Crippen LogP contribution >= 0.6 is 23.4 Å². The number of hydrogen-bond acceptors (Lipinski definition) is 3. The average molecular weight is 288 g/mol. The van der Waals surface area contributed by atoms with Crippen molar-refractivity contribution in [1.29, 1.82) is 0 Å². The number of carbonyl (C=O) groups excluding carboxylic acids is 1. The van der Waals surface area contributed by atoms with Crippen molar-refractivity contribution >= 4 is 35.0 Å². The zero-order chi connectivity index (χ0) is 13.5. The summed E-state index contributed by atoms with van der Waals surface area (Å²) in [6.45, 7) is 3.98. The molecule has 0 spiro atoms. The molecule has 1 atom stereocenters. The summed E-state index contributed by atoms with van der Waals surface area (Å²) in [6.07, 6.45) is 2.22. The van der Waals surface area contributed by atoms with Crippen LogP contribution in [-0.4, -0.2) is 22.0 Å². The lowest BCUT2D eigenvalue weighted by atomic mass is 10.3. The minimum atomic E-state index is -0.144. The summed E-state index contributed by atoms with van der Waals surface area (Å²) in [5, 5.41) is 12.6. The summed E-state index contributed by atoms with van der Waals surface area (Å²) >= 11 is 7.43. The molecule has 0 saturated carbocycles. The summed E-state index contributed by atoms with van der Waals surface area (Å²) in [6, 6.07) is 4.58. The minimum absolute atomic E-state index is 0.0264. The van der Waals surface area contributed by atoms with Gasteiger partial charge in [-0.2, -0.15) is 0 Å². The fourth-order valence-corrected chi connectivity index (χ4v) is 2.51. The fourth-order valence-electron chi connectivity index (χ4n) is 1.32. The molecule has 5 heteroatoms. The first-order valence-electron chi connectivity index (χ1n) is 5.95. The minimum Gasteiger partial charge on any atom is -0.506 e. The fraction of sp³-hybridized carbons (Fsp3) is 0.462. The molecule has 1 aromatic rings. The van der Waals surface area contributed by atoms with Crippen molar-refractivity contribution in [1.82, 2.24) is 0 Å². The number of thioether (sulfide) groups is 1. The molecule has 0 aliphatic rings. The Morgan fingerprint density at radius 3 is 2.94 bits per heavy atom. The Morgan fingerprint density at radius 1 is 1.56 bits per heavy atom. The van der Waals surface area contributed by atoms with Gasteiger partial charge in [0.25, 0.3) is 0 Å². The van der Waals surface area contributed by atoms with Crippen molar-refractivity contribution in [2.45, 2.75) is 31.9 Å². The second kappa shape index (κ2) is 7.54. The van der Waals surface area contributed by atoms with Gasteiger partial charge >= 0.3 is 0 Å². The van der Waals surface area contributed by atoms with Gasteiger partial charge in [0.15, 0.2) is 0 Å². The second-order valence-electron chi connectivity index (χ2n) is 4.02.